The number of allylic oxidation sites excluding steroid dienone is 1. The van der Waals surface area contributed by atoms with E-state index in [9.17, 15) is 0 Å². The van der Waals surface area contributed by atoms with E-state index in [4.69, 9.17) is 0 Å². The molecule has 1 N–H and O–H groups in total. The lowest BCUT2D eigenvalue weighted by molar-refractivity contribution is 0.673. The molecule has 1 aliphatic carbocycles. The van der Waals surface area contributed by atoms with Crippen LogP contribution in [0.15, 0.2) is 36.4 Å². The number of benzene rings is 1. The highest BCUT2D eigenvalue weighted by Crippen LogP contribution is 2.26. The first kappa shape index (κ1) is 11.1. The standard InChI is InChI=1S/C14H20N2/c1-16(2)14-11-7-6-10-13(14)15-12-8-4-3-5-9-12/h4,6-8,10-12,15H,3,5,9H2,1-2H3. The van der Waals surface area contributed by atoms with Crippen molar-refractivity contribution < 1.29 is 0 Å². The Balaban J connectivity index is 2.13. The zero-order valence-electron chi connectivity index (χ0n) is 10.1. The second-order valence-electron chi connectivity index (χ2n) is 4.52. The van der Waals surface area contributed by atoms with Crippen LogP contribution < -0.4 is 10.2 Å². The van der Waals surface area contributed by atoms with Crippen molar-refractivity contribution in [2.45, 2.75) is 25.3 Å². The van der Waals surface area contributed by atoms with E-state index in [1.54, 1.807) is 0 Å². The van der Waals surface area contributed by atoms with Crippen LogP contribution in [-0.2, 0) is 0 Å². The van der Waals surface area contributed by atoms with E-state index in [2.05, 4.69) is 60.7 Å². The van der Waals surface area contributed by atoms with Crippen molar-refractivity contribution in [3.63, 3.8) is 0 Å². The Morgan fingerprint density at radius 2 is 2.06 bits per heavy atom. The Bertz CT molecular complexity index is 369. The molecule has 86 valence electrons. The molecule has 1 unspecified atom stereocenters. The van der Waals surface area contributed by atoms with Crippen LogP contribution in [0.1, 0.15) is 19.3 Å². The summed E-state index contributed by atoms with van der Waals surface area (Å²) in [5.74, 6) is 0. The summed E-state index contributed by atoms with van der Waals surface area (Å²) in [7, 11) is 4.16. The van der Waals surface area contributed by atoms with E-state index in [0.29, 0.717) is 6.04 Å². The Morgan fingerprint density at radius 1 is 1.25 bits per heavy atom. The molecule has 0 saturated carbocycles. The second-order valence-corrected chi connectivity index (χ2v) is 4.52. The average Bonchev–Trinajstić information content (AvgIpc) is 2.31. The number of nitrogens with one attached hydrogen (secondary N) is 1. The largest absolute Gasteiger partial charge is 0.377 e. The summed E-state index contributed by atoms with van der Waals surface area (Å²) in [6, 6.07) is 8.96. The Kier molecular flexibility index (Phi) is 3.50. The predicted octanol–water partition coefficient (Wildman–Crippen LogP) is 3.27. The lowest BCUT2D eigenvalue weighted by atomic mass is 10.0. The molecule has 0 bridgehead atoms. The van der Waals surface area contributed by atoms with Crippen LogP contribution in [0.25, 0.3) is 0 Å². The fraction of sp³-hybridized carbons (Fsp3) is 0.429. The zero-order valence-corrected chi connectivity index (χ0v) is 10.1. The monoisotopic (exact) mass is 216 g/mol. The van der Waals surface area contributed by atoms with Gasteiger partial charge in [0.25, 0.3) is 0 Å². The van der Waals surface area contributed by atoms with Gasteiger partial charge >= 0.3 is 0 Å². The summed E-state index contributed by atoms with van der Waals surface area (Å²) < 4.78 is 0. The molecule has 2 heteroatoms. The highest BCUT2D eigenvalue weighted by Gasteiger charge is 2.10. The Morgan fingerprint density at radius 3 is 2.75 bits per heavy atom. The van der Waals surface area contributed by atoms with Gasteiger partial charge in [-0.2, -0.15) is 0 Å². The van der Waals surface area contributed by atoms with Crippen molar-refractivity contribution in [2.24, 2.45) is 0 Å². The number of para-hydroxylation sites is 2. The van der Waals surface area contributed by atoms with Crippen LogP contribution in [-0.4, -0.2) is 20.1 Å². The summed E-state index contributed by atoms with van der Waals surface area (Å²) in [6.07, 6.45) is 8.32. The lowest BCUT2D eigenvalue weighted by Gasteiger charge is -2.23. The molecule has 0 amide bonds. The summed E-state index contributed by atoms with van der Waals surface area (Å²) in [4.78, 5) is 2.15. The lowest BCUT2D eigenvalue weighted by Crippen LogP contribution is -2.20. The summed E-state index contributed by atoms with van der Waals surface area (Å²) in [6.45, 7) is 0. The fourth-order valence-corrected chi connectivity index (χ4v) is 2.12. The van der Waals surface area contributed by atoms with Crippen molar-refractivity contribution >= 4 is 11.4 Å². The van der Waals surface area contributed by atoms with Gasteiger partial charge in [-0.05, 0) is 31.4 Å². The molecule has 2 nitrogen and oxygen atoms in total. The van der Waals surface area contributed by atoms with Crippen molar-refractivity contribution in [3.05, 3.63) is 36.4 Å². The third kappa shape index (κ3) is 2.57. The molecule has 2 rings (SSSR count). The van der Waals surface area contributed by atoms with Gasteiger partial charge in [0.05, 0.1) is 11.4 Å². The van der Waals surface area contributed by atoms with Crippen LogP contribution in [0.2, 0.25) is 0 Å². The molecule has 0 radical (unpaired) electrons. The zero-order chi connectivity index (χ0) is 11.4. The second kappa shape index (κ2) is 5.06. The molecule has 1 aliphatic rings. The molecule has 1 atom stereocenters. The minimum Gasteiger partial charge on any atom is -0.377 e. The van der Waals surface area contributed by atoms with Crippen LogP contribution in [0.3, 0.4) is 0 Å². The highest BCUT2D eigenvalue weighted by molar-refractivity contribution is 5.69. The van der Waals surface area contributed by atoms with E-state index in [-0.39, 0.29) is 0 Å². The normalized spacial score (nSPS) is 19.5. The third-order valence-corrected chi connectivity index (χ3v) is 2.98. The van der Waals surface area contributed by atoms with E-state index in [1.165, 1.54) is 30.6 Å². The summed E-state index contributed by atoms with van der Waals surface area (Å²) >= 11 is 0. The number of nitrogens with zero attached hydrogens (tertiary/aromatic N) is 1. The van der Waals surface area contributed by atoms with Crippen molar-refractivity contribution in [3.8, 4) is 0 Å². The van der Waals surface area contributed by atoms with Crippen LogP contribution in [0.4, 0.5) is 11.4 Å². The quantitative estimate of drug-likeness (QED) is 0.780. The van der Waals surface area contributed by atoms with Crippen LogP contribution in [0.5, 0.6) is 0 Å². The SMILES string of the molecule is CN(C)c1ccccc1NC1C=CCCC1. The van der Waals surface area contributed by atoms with E-state index in [1.807, 2.05) is 0 Å². The number of anilines is 2. The molecule has 1 aromatic carbocycles. The molecule has 0 fully saturated rings. The highest BCUT2D eigenvalue weighted by atomic mass is 15.1. The topological polar surface area (TPSA) is 15.3 Å². The average molecular weight is 216 g/mol. The Hall–Kier alpha value is -1.44. The van der Waals surface area contributed by atoms with Gasteiger partial charge in [-0.25, -0.2) is 0 Å². The molecule has 1 aromatic rings. The molecular formula is C14H20N2. The predicted molar refractivity (Wildman–Crippen MR) is 71.2 cm³/mol. The van der Waals surface area contributed by atoms with Gasteiger partial charge in [0, 0.05) is 20.1 Å². The summed E-state index contributed by atoms with van der Waals surface area (Å²) in [5, 5.41) is 3.60. The van der Waals surface area contributed by atoms with Crippen LogP contribution in [0, 0.1) is 0 Å². The molecule has 16 heavy (non-hydrogen) atoms. The van der Waals surface area contributed by atoms with Gasteiger partial charge in [-0.1, -0.05) is 24.3 Å². The van der Waals surface area contributed by atoms with Gasteiger partial charge in [-0.3, -0.25) is 0 Å². The number of hydrogen-bond donors (Lipinski definition) is 1. The minimum atomic E-state index is 0.495. The molecule has 0 heterocycles. The summed E-state index contributed by atoms with van der Waals surface area (Å²) in [5.41, 5.74) is 2.48. The maximum absolute atomic E-state index is 3.60. The number of hydrogen-bond acceptors (Lipinski definition) is 2. The molecule has 0 saturated heterocycles. The first-order valence-corrected chi connectivity index (χ1v) is 5.97. The van der Waals surface area contributed by atoms with E-state index in [0.717, 1.165) is 0 Å². The van der Waals surface area contributed by atoms with Gasteiger partial charge in [0.15, 0.2) is 0 Å². The van der Waals surface area contributed by atoms with Crippen molar-refractivity contribution in [2.75, 3.05) is 24.3 Å². The first-order valence-electron chi connectivity index (χ1n) is 5.97. The van der Waals surface area contributed by atoms with Crippen LogP contribution >= 0.6 is 0 Å². The van der Waals surface area contributed by atoms with E-state index >= 15 is 0 Å². The maximum Gasteiger partial charge on any atom is 0.0596 e. The molecular weight excluding hydrogens is 196 g/mol. The smallest absolute Gasteiger partial charge is 0.0596 e. The van der Waals surface area contributed by atoms with Crippen molar-refractivity contribution in [1.29, 1.82) is 0 Å². The molecule has 0 aliphatic heterocycles. The fourth-order valence-electron chi connectivity index (χ4n) is 2.12. The molecule has 0 spiro atoms. The van der Waals surface area contributed by atoms with Gasteiger partial charge in [0.2, 0.25) is 0 Å². The minimum absolute atomic E-state index is 0.495. The maximum atomic E-state index is 3.60. The van der Waals surface area contributed by atoms with Gasteiger partial charge in [-0.15, -0.1) is 0 Å². The first-order chi connectivity index (χ1) is 7.77. The van der Waals surface area contributed by atoms with Crippen molar-refractivity contribution in [1.82, 2.24) is 0 Å². The van der Waals surface area contributed by atoms with Gasteiger partial charge < -0.3 is 10.2 Å². The molecule has 0 aromatic heterocycles. The third-order valence-electron chi connectivity index (χ3n) is 2.98. The number of rotatable bonds is 3. The van der Waals surface area contributed by atoms with E-state index < -0.39 is 0 Å². The van der Waals surface area contributed by atoms with Gasteiger partial charge in [0.1, 0.15) is 0 Å². The Labute approximate surface area is 98.0 Å².